The van der Waals surface area contributed by atoms with Crippen LogP contribution >= 0.6 is 11.8 Å². The molecule has 0 amide bonds. The Labute approximate surface area is 115 Å². The summed E-state index contributed by atoms with van der Waals surface area (Å²) in [6, 6.07) is 15.6. The van der Waals surface area contributed by atoms with Crippen LogP contribution in [0.5, 0.6) is 0 Å². The quantitative estimate of drug-likeness (QED) is 0.772. The molecule has 2 aromatic carbocycles. The standard InChI is InChI=1S/C15H11NO2S/c1-2-15(17)18-16-11-7-3-5-9-13(11)19-14-10-6-4-8-12(14)16/h2-10H,1H2. The number of benzene rings is 2. The van der Waals surface area contributed by atoms with Crippen molar-refractivity contribution in [3.05, 3.63) is 61.2 Å². The van der Waals surface area contributed by atoms with Gasteiger partial charge in [-0.25, -0.2) is 4.79 Å². The number of fused-ring (bicyclic) bond motifs is 2. The van der Waals surface area contributed by atoms with E-state index in [2.05, 4.69) is 6.58 Å². The summed E-state index contributed by atoms with van der Waals surface area (Å²) < 4.78 is 0. The fourth-order valence-corrected chi connectivity index (χ4v) is 2.94. The van der Waals surface area contributed by atoms with Gasteiger partial charge in [0, 0.05) is 15.9 Å². The molecule has 2 aromatic rings. The summed E-state index contributed by atoms with van der Waals surface area (Å²) in [4.78, 5) is 19.0. The van der Waals surface area contributed by atoms with Gasteiger partial charge in [-0.2, -0.15) is 5.06 Å². The van der Waals surface area contributed by atoms with Gasteiger partial charge in [-0.05, 0) is 24.3 Å². The zero-order valence-corrected chi connectivity index (χ0v) is 10.9. The van der Waals surface area contributed by atoms with E-state index >= 15 is 0 Å². The van der Waals surface area contributed by atoms with Crippen LogP contribution in [0.4, 0.5) is 11.4 Å². The summed E-state index contributed by atoms with van der Waals surface area (Å²) in [5.41, 5.74) is 1.72. The van der Waals surface area contributed by atoms with Crippen molar-refractivity contribution < 1.29 is 9.63 Å². The lowest BCUT2D eigenvalue weighted by atomic mass is 10.2. The maximum absolute atomic E-state index is 11.5. The van der Waals surface area contributed by atoms with Gasteiger partial charge >= 0.3 is 5.97 Å². The topological polar surface area (TPSA) is 29.5 Å². The van der Waals surface area contributed by atoms with Crippen LogP contribution in [-0.2, 0) is 9.63 Å². The number of para-hydroxylation sites is 2. The molecule has 0 N–H and O–H groups in total. The van der Waals surface area contributed by atoms with E-state index < -0.39 is 5.97 Å². The van der Waals surface area contributed by atoms with E-state index in [0.29, 0.717) is 0 Å². The Hall–Kier alpha value is -2.20. The maximum Gasteiger partial charge on any atom is 0.355 e. The summed E-state index contributed by atoms with van der Waals surface area (Å²) in [6.07, 6.45) is 1.16. The molecule has 0 aromatic heterocycles. The minimum Gasteiger partial charge on any atom is -0.331 e. The van der Waals surface area contributed by atoms with Gasteiger partial charge < -0.3 is 4.84 Å². The van der Waals surface area contributed by atoms with Crippen molar-refractivity contribution >= 4 is 29.1 Å². The van der Waals surface area contributed by atoms with E-state index in [4.69, 9.17) is 4.84 Å². The molecule has 19 heavy (non-hydrogen) atoms. The van der Waals surface area contributed by atoms with Gasteiger partial charge in [0.25, 0.3) is 0 Å². The van der Waals surface area contributed by atoms with Gasteiger partial charge in [-0.3, -0.25) is 0 Å². The van der Waals surface area contributed by atoms with Crippen molar-refractivity contribution in [3.8, 4) is 0 Å². The highest BCUT2D eigenvalue weighted by Crippen LogP contribution is 2.47. The van der Waals surface area contributed by atoms with Crippen LogP contribution in [0.2, 0.25) is 0 Å². The first kappa shape index (κ1) is 11.9. The largest absolute Gasteiger partial charge is 0.355 e. The monoisotopic (exact) mass is 269 g/mol. The third kappa shape index (κ3) is 2.11. The second kappa shape index (κ2) is 4.82. The molecule has 1 aliphatic rings. The second-order valence-corrected chi connectivity index (χ2v) is 5.03. The summed E-state index contributed by atoms with van der Waals surface area (Å²) in [7, 11) is 0. The molecule has 0 atom stereocenters. The van der Waals surface area contributed by atoms with Crippen LogP contribution in [-0.4, -0.2) is 5.97 Å². The highest BCUT2D eigenvalue weighted by Gasteiger charge is 2.25. The van der Waals surface area contributed by atoms with E-state index in [1.54, 1.807) is 16.8 Å². The lowest BCUT2D eigenvalue weighted by Gasteiger charge is -2.30. The predicted molar refractivity (Wildman–Crippen MR) is 75.4 cm³/mol. The van der Waals surface area contributed by atoms with Gasteiger partial charge in [0.05, 0.1) is 11.4 Å². The zero-order valence-electron chi connectivity index (χ0n) is 10.1. The van der Waals surface area contributed by atoms with E-state index in [0.717, 1.165) is 27.2 Å². The third-order valence-corrected chi connectivity index (χ3v) is 3.87. The average molecular weight is 269 g/mol. The van der Waals surface area contributed by atoms with Crippen LogP contribution in [0.3, 0.4) is 0 Å². The van der Waals surface area contributed by atoms with Crippen molar-refractivity contribution in [2.45, 2.75) is 9.79 Å². The first-order valence-electron chi connectivity index (χ1n) is 5.80. The van der Waals surface area contributed by atoms with Gasteiger partial charge in [0.15, 0.2) is 0 Å². The fourth-order valence-electron chi connectivity index (χ4n) is 1.90. The minimum atomic E-state index is -0.475. The summed E-state index contributed by atoms with van der Waals surface area (Å²) in [5.74, 6) is -0.475. The van der Waals surface area contributed by atoms with Crippen LogP contribution in [0.15, 0.2) is 71.0 Å². The van der Waals surface area contributed by atoms with Gasteiger partial charge in [-0.1, -0.05) is 42.6 Å². The number of hydrogen-bond donors (Lipinski definition) is 0. The summed E-state index contributed by atoms with van der Waals surface area (Å²) in [5, 5.41) is 1.56. The SMILES string of the molecule is C=CC(=O)ON1c2ccccc2Sc2ccccc21. The molecule has 94 valence electrons. The fraction of sp³-hybridized carbons (Fsp3) is 0. The molecule has 0 radical (unpaired) electrons. The Bertz CT molecular complexity index is 609. The van der Waals surface area contributed by atoms with Crippen molar-refractivity contribution in [2.24, 2.45) is 0 Å². The van der Waals surface area contributed by atoms with Crippen LogP contribution < -0.4 is 5.06 Å². The molecular weight excluding hydrogens is 258 g/mol. The Morgan fingerprint density at radius 1 is 1.05 bits per heavy atom. The average Bonchev–Trinajstić information content (AvgIpc) is 2.46. The number of rotatable bonds is 2. The Balaban J connectivity index is 2.11. The van der Waals surface area contributed by atoms with E-state index in [-0.39, 0.29) is 0 Å². The molecule has 3 rings (SSSR count). The van der Waals surface area contributed by atoms with Gasteiger partial charge in [0.1, 0.15) is 0 Å². The minimum absolute atomic E-state index is 0.475. The normalized spacial score (nSPS) is 12.3. The van der Waals surface area contributed by atoms with Crippen LogP contribution in [0.1, 0.15) is 0 Å². The number of hydrogen-bond acceptors (Lipinski definition) is 4. The zero-order chi connectivity index (χ0) is 13.2. The Kier molecular flexibility index (Phi) is 3.01. The molecule has 0 spiro atoms. The van der Waals surface area contributed by atoms with E-state index in [9.17, 15) is 4.79 Å². The van der Waals surface area contributed by atoms with E-state index in [1.165, 1.54) is 0 Å². The molecule has 0 aliphatic carbocycles. The summed E-state index contributed by atoms with van der Waals surface area (Å²) in [6.45, 7) is 3.43. The number of nitrogens with zero attached hydrogens (tertiary/aromatic N) is 1. The highest BCUT2D eigenvalue weighted by atomic mass is 32.2. The maximum atomic E-state index is 11.5. The van der Waals surface area contributed by atoms with Crippen molar-refractivity contribution in [3.63, 3.8) is 0 Å². The molecule has 1 aliphatic heterocycles. The van der Waals surface area contributed by atoms with Crippen molar-refractivity contribution in [1.82, 2.24) is 0 Å². The second-order valence-electron chi connectivity index (χ2n) is 3.95. The number of carbonyl (C=O) groups excluding carboxylic acids is 1. The molecule has 4 heteroatoms. The number of anilines is 2. The first-order valence-corrected chi connectivity index (χ1v) is 6.61. The van der Waals surface area contributed by atoms with E-state index in [1.807, 2.05) is 48.5 Å². The van der Waals surface area contributed by atoms with Crippen LogP contribution in [0.25, 0.3) is 0 Å². The molecule has 0 saturated carbocycles. The lowest BCUT2D eigenvalue weighted by molar-refractivity contribution is -0.137. The lowest BCUT2D eigenvalue weighted by Crippen LogP contribution is -2.23. The van der Waals surface area contributed by atoms with Gasteiger partial charge in [0.2, 0.25) is 0 Å². The van der Waals surface area contributed by atoms with Crippen LogP contribution in [0, 0.1) is 0 Å². The molecule has 0 unspecified atom stereocenters. The van der Waals surface area contributed by atoms with Crippen molar-refractivity contribution in [2.75, 3.05) is 5.06 Å². The Morgan fingerprint density at radius 3 is 2.11 bits per heavy atom. The molecule has 0 fully saturated rings. The predicted octanol–water partition coefficient (Wildman–Crippen LogP) is 3.93. The molecule has 0 bridgehead atoms. The molecular formula is C15H11NO2S. The highest BCUT2D eigenvalue weighted by molar-refractivity contribution is 7.99. The number of carbonyl (C=O) groups is 1. The molecule has 3 nitrogen and oxygen atoms in total. The van der Waals surface area contributed by atoms with Gasteiger partial charge in [-0.15, -0.1) is 0 Å². The smallest absolute Gasteiger partial charge is 0.331 e. The van der Waals surface area contributed by atoms with Crippen molar-refractivity contribution in [1.29, 1.82) is 0 Å². The summed E-state index contributed by atoms with van der Waals surface area (Å²) >= 11 is 1.66. The molecule has 0 saturated heterocycles. The first-order chi connectivity index (χ1) is 9.29. The Morgan fingerprint density at radius 2 is 1.58 bits per heavy atom. The third-order valence-electron chi connectivity index (χ3n) is 2.74. The molecule has 1 heterocycles.